The predicted molar refractivity (Wildman–Crippen MR) is 93.2 cm³/mol. The summed E-state index contributed by atoms with van der Waals surface area (Å²) in [5.74, 6) is 1.49. The Kier molecular flexibility index (Phi) is 4.89. The van der Waals surface area contributed by atoms with E-state index >= 15 is 0 Å². The van der Waals surface area contributed by atoms with Crippen molar-refractivity contribution in [1.82, 2.24) is 5.32 Å². The van der Waals surface area contributed by atoms with Crippen molar-refractivity contribution < 1.29 is 4.74 Å². The van der Waals surface area contributed by atoms with Gasteiger partial charge in [-0.1, -0.05) is 43.5 Å². The third-order valence-corrected chi connectivity index (χ3v) is 4.58. The molecule has 0 aromatic heterocycles. The van der Waals surface area contributed by atoms with Crippen LogP contribution in [0.5, 0.6) is 11.5 Å². The second kappa shape index (κ2) is 6.69. The maximum atomic E-state index is 6.22. The second-order valence-corrected chi connectivity index (χ2v) is 7.32. The standard InChI is InChI=1S/C16H14Br2ClNO/c17-11-1-5-15(10(7-11)9-20-13-3-4-13)21-16-6-2-12(18)8-14(16)19/h1-2,5-8,13,20H,3-4,9H2. The summed E-state index contributed by atoms with van der Waals surface area (Å²) in [6, 6.07) is 12.3. The molecule has 21 heavy (non-hydrogen) atoms. The van der Waals surface area contributed by atoms with E-state index in [-0.39, 0.29) is 0 Å². The molecule has 0 heterocycles. The summed E-state index contributed by atoms with van der Waals surface area (Å²) in [6.07, 6.45) is 2.53. The number of ether oxygens (including phenoxy) is 1. The Morgan fingerprint density at radius 3 is 2.38 bits per heavy atom. The topological polar surface area (TPSA) is 21.3 Å². The average molecular weight is 432 g/mol. The molecule has 2 nitrogen and oxygen atoms in total. The first-order valence-electron chi connectivity index (χ1n) is 6.76. The van der Waals surface area contributed by atoms with Crippen molar-refractivity contribution in [3.05, 3.63) is 55.9 Å². The molecule has 1 N–H and O–H groups in total. The monoisotopic (exact) mass is 429 g/mol. The molecular weight excluding hydrogens is 417 g/mol. The molecule has 0 aliphatic heterocycles. The molecule has 2 aromatic rings. The smallest absolute Gasteiger partial charge is 0.146 e. The zero-order valence-corrected chi connectivity index (χ0v) is 15.1. The summed E-state index contributed by atoms with van der Waals surface area (Å²) in [5.41, 5.74) is 1.12. The van der Waals surface area contributed by atoms with Gasteiger partial charge >= 0.3 is 0 Å². The molecule has 0 amide bonds. The first-order chi connectivity index (χ1) is 10.1. The Morgan fingerprint density at radius 1 is 1.05 bits per heavy atom. The molecule has 0 spiro atoms. The Labute approximate surface area is 146 Å². The highest BCUT2D eigenvalue weighted by molar-refractivity contribution is 9.10. The molecular formula is C16H14Br2ClNO. The van der Waals surface area contributed by atoms with Crippen LogP contribution in [0, 0.1) is 0 Å². The molecule has 0 unspecified atom stereocenters. The second-order valence-electron chi connectivity index (χ2n) is 5.08. The summed E-state index contributed by atoms with van der Waals surface area (Å²) in [5, 5.41) is 4.10. The molecule has 1 aliphatic carbocycles. The van der Waals surface area contributed by atoms with Crippen LogP contribution < -0.4 is 10.1 Å². The third-order valence-electron chi connectivity index (χ3n) is 3.29. The van der Waals surface area contributed by atoms with Crippen LogP contribution in [0.2, 0.25) is 5.02 Å². The van der Waals surface area contributed by atoms with E-state index in [1.165, 1.54) is 12.8 Å². The minimum Gasteiger partial charge on any atom is -0.455 e. The molecule has 0 saturated heterocycles. The number of nitrogens with one attached hydrogen (secondary N) is 1. The van der Waals surface area contributed by atoms with Crippen molar-refractivity contribution in [3.8, 4) is 11.5 Å². The Morgan fingerprint density at radius 2 is 1.71 bits per heavy atom. The highest BCUT2D eigenvalue weighted by Gasteiger charge is 2.21. The lowest BCUT2D eigenvalue weighted by Crippen LogP contribution is -2.15. The van der Waals surface area contributed by atoms with Crippen molar-refractivity contribution in [1.29, 1.82) is 0 Å². The van der Waals surface area contributed by atoms with Gasteiger partial charge in [-0.15, -0.1) is 0 Å². The number of hydrogen-bond acceptors (Lipinski definition) is 2. The lowest BCUT2D eigenvalue weighted by molar-refractivity contribution is 0.472. The van der Waals surface area contributed by atoms with Crippen LogP contribution in [-0.2, 0) is 6.54 Å². The number of hydrogen-bond donors (Lipinski definition) is 1. The first kappa shape index (κ1) is 15.3. The summed E-state index contributed by atoms with van der Waals surface area (Å²) < 4.78 is 7.97. The van der Waals surface area contributed by atoms with Gasteiger partial charge in [-0.3, -0.25) is 0 Å². The van der Waals surface area contributed by atoms with E-state index in [2.05, 4.69) is 43.2 Å². The molecule has 1 aliphatic rings. The highest BCUT2D eigenvalue weighted by atomic mass is 79.9. The fourth-order valence-corrected chi connectivity index (χ4v) is 3.12. The minimum atomic E-state index is 0.591. The van der Waals surface area contributed by atoms with Gasteiger partial charge in [0.25, 0.3) is 0 Å². The van der Waals surface area contributed by atoms with Gasteiger partial charge in [-0.25, -0.2) is 0 Å². The van der Waals surface area contributed by atoms with E-state index < -0.39 is 0 Å². The number of benzene rings is 2. The Bertz CT molecular complexity index is 659. The zero-order valence-electron chi connectivity index (χ0n) is 11.2. The van der Waals surface area contributed by atoms with Crippen LogP contribution in [0.4, 0.5) is 0 Å². The number of halogens is 3. The van der Waals surface area contributed by atoms with Gasteiger partial charge in [0.1, 0.15) is 11.5 Å². The van der Waals surface area contributed by atoms with E-state index in [0.717, 1.165) is 26.8 Å². The molecule has 0 bridgehead atoms. The van der Waals surface area contributed by atoms with Gasteiger partial charge in [0, 0.05) is 27.1 Å². The van der Waals surface area contributed by atoms with Gasteiger partial charge in [-0.2, -0.15) is 0 Å². The highest BCUT2D eigenvalue weighted by Crippen LogP contribution is 2.34. The first-order valence-corrected chi connectivity index (χ1v) is 8.73. The van der Waals surface area contributed by atoms with E-state index in [4.69, 9.17) is 16.3 Å². The quantitative estimate of drug-likeness (QED) is 0.636. The molecule has 0 radical (unpaired) electrons. The molecule has 1 fully saturated rings. The lowest BCUT2D eigenvalue weighted by atomic mass is 10.2. The molecule has 5 heteroatoms. The normalized spacial score (nSPS) is 14.2. The van der Waals surface area contributed by atoms with Crippen LogP contribution >= 0.6 is 43.5 Å². The number of rotatable bonds is 5. The largest absolute Gasteiger partial charge is 0.455 e. The van der Waals surface area contributed by atoms with E-state index in [1.54, 1.807) is 0 Å². The van der Waals surface area contributed by atoms with Crippen LogP contribution in [0.3, 0.4) is 0 Å². The van der Waals surface area contributed by atoms with Crippen molar-refractivity contribution >= 4 is 43.5 Å². The maximum Gasteiger partial charge on any atom is 0.146 e. The SMILES string of the molecule is Clc1cc(Br)ccc1Oc1ccc(Br)cc1CNC1CC1. The predicted octanol–water partition coefficient (Wildman–Crippen LogP) is 5.91. The van der Waals surface area contributed by atoms with Gasteiger partial charge in [0.15, 0.2) is 0 Å². The third kappa shape index (κ3) is 4.22. The van der Waals surface area contributed by atoms with Crippen molar-refractivity contribution in [2.45, 2.75) is 25.4 Å². The van der Waals surface area contributed by atoms with Crippen LogP contribution in [0.1, 0.15) is 18.4 Å². The molecule has 110 valence electrons. The van der Waals surface area contributed by atoms with E-state index in [0.29, 0.717) is 16.8 Å². The fourth-order valence-electron chi connectivity index (χ4n) is 2.00. The Balaban J connectivity index is 1.82. The van der Waals surface area contributed by atoms with Crippen LogP contribution in [0.15, 0.2) is 45.3 Å². The van der Waals surface area contributed by atoms with Gasteiger partial charge in [0.2, 0.25) is 0 Å². The zero-order chi connectivity index (χ0) is 14.8. The lowest BCUT2D eigenvalue weighted by Gasteiger charge is -2.13. The van der Waals surface area contributed by atoms with Crippen molar-refractivity contribution in [2.24, 2.45) is 0 Å². The van der Waals surface area contributed by atoms with Gasteiger partial charge in [0.05, 0.1) is 5.02 Å². The van der Waals surface area contributed by atoms with E-state index in [9.17, 15) is 0 Å². The molecule has 2 aromatic carbocycles. The summed E-state index contributed by atoms with van der Waals surface area (Å²) in [7, 11) is 0. The molecule has 3 rings (SSSR count). The molecule has 1 saturated carbocycles. The fraction of sp³-hybridized carbons (Fsp3) is 0.250. The van der Waals surface area contributed by atoms with Gasteiger partial charge < -0.3 is 10.1 Å². The van der Waals surface area contributed by atoms with Crippen LogP contribution in [-0.4, -0.2) is 6.04 Å². The Hall–Kier alpha value is -0.550. The average Bonchev–Trinajstić information content (AvgIpc) is 3.26. The van der Waals surface area contributed by atoms with Gasteiger partial charge in [-0.05, 0) is 49.2 Å². The minimum absolute atomic E-state index is 0.591. The summed E-state index contributed by atoms with van der Waals surface area (Å²) in [4.78, 5) is 0. The van der Waals surface area contributed by atoms with E-state index in [1.807, 2.05) is 30.3 Å². The van der Waals surface area contributed by atoms with Crippen LogP contribution in [0.25, 0.3) is 0 Å². The van der Waals surface area contributed by atoms with Crippen molar-refractivity contribution in [3.63, 3.8) is 0 Å². The summed E-state index contributed by atoms with van der Waals surface area (Å²) >= 11 is 13.1. The van der Waals surface area contributed by atoms with Crippen molar-refractivity contribution in [2.75, 3.05) is 0 Å². The molecule has 0 atom stereocenters. The summed E-state index contributed by atoms with van der Waals surface area (Å²) in [6.45, 7) is 0.799. The maximum absolute atomic E-state index is 6.22.